The van der Waals surface area contributed by atoms with E-state index in [1.54, 1.807) is 61.5 Å². The minimum absolute atomic E-state index is 0.0731. The van der Waals surface area contributed by atoms with Crippen molar-refractivity contribution in [2.45, 2.75) is 71.5 Å². The molecule has 0 aliphatic rings. The van der Waals surface area contributed by atoms with E-state index in [1.807, 2.05) is 46.8 Å². The van der Waals surface area contributed by atoms with Crippen molar-refractivity contribution in [3.8, 4) is 0 Å². The van der Waals surface area contributed by atoms with E-state index >= 15 is 0 Å². The van der Waals surface area contributed by atoms with Crippen molar-refractivity contribution in [1.29, 1.82) is 0 Å². The van der Waals surface area contributed by atoms with Crippen LogP contribution in [0.5, 0.6) is 0 Å². The Balaban J connectivity index is 2.05. The summed E-state index contributed by atoms with van der Waals surface area (Å²) in [5.74, 6) is -0.812. The number of hydrogen-bond acceptors (Lipinski definition) is 4. The standard InChI is InChI=1S/C31H38ClN3O4S/c1-7-24(5)33-31(37)25(6)34(19-26-11-13-27(32)14-12-26)30(36)20-35(29-17-10-22(3)18-23(29)4)40(38,39)28-15-8-21(2)9-16-28/h8-18,24-25H,7,19-20H2,1-6H3,(H,33,37)/t24-,25-/m1/s1. The number of carbonyl (C=O) groups is 2. The summed E-state index contributed by atoms with van der Waals surface area (Å²) >= 11 is 6.06. The average Bonchev–Trinajstić information content (AvgIpc) is 2.91. The molecule has 0 saturated carbocycles. The zero-order chi connectivity index (χ0) is 29.6. The quantitative estimate of drug-likeness (QED) is 0.309. The molecule has 9 heteroatoms. The third-order valence-electron chi connectivity index (χ3n) is 6.94. The molecule has 7 nitrogen and oxygen atoms in total. The molecule has 0 fully saturated rings. The smallest absolute Gasteiger partial charge is 0.264 e. The summed E-state index contributed by atoms with van der Waals surface area (Å²) in [5.41, 5.74) is 3.78. The van der Waals surface area contributed by atoms with Crippen molar-refractivity contribution < 1.29 is 18.0 Å². The zero-order valence-electron chi connectivity index (χ0n) is 23.9. The van der Waals surface area contributed by atoms with Gasteiger partial charge in [-0.15, -0.1) is 0 Å². The Morgan fingerprint density at radius 2 is 1.50 bits per heavy atom. The van der Waals surface area contributed by atoms with E-state index in [4.69, 9.17) is 11.6 Å². The molecule has 0 aliphatic heterocycles. The van der Waals surface area contributed by atoms with Gasteiger partial charge in [-0.2, -0.15) is 0 Å². The summed E-state index contributed by atoms with van der Waals surface area (Å²) in [4.78, 5) is 28.7. The molecule has 2 amide bonds. The summed E-state index contributed by atoms with van der Waals surface area (Å²) in [5, 5.41) is 3.49. The lowest BCUT2D eigenvalue weighted by Crippen LogP contribution is -2.52. The molecule has 2 atom stereocenters. The van der Waals surface area contributed by atoms with Gasteiger partial charge in [0.1, 0.15) is 12.6 Å². The highest BCUT2D eigenvalue weighted by molar-refractivity contribution is 7.92. The molecule has 0 aliphatic carbocycles. The number of aryl methyl sites for hydroxylation is 3. The molecule has 214 valence electrons. The minimum Gasteiger partial charge on any atom is -0.352 e. The first-order chi connectivity index (χ1) is 18.8. The van der Waals surface area contributed by atoms with E-state index in [1.165, 1.54) is 4.90 Å². The SMILES string of the molecule is CC[C@@H](C)NC(=O)[C@@H](C)N(Cc1ccc(Cl)cc1)C(=O)CN(c1ccc(C)cc1C)S(=O)(=O)c1ccc(C)cc1. The number of sulfonamides is 1. The van der Waals surface area contributed by atoms with Crippen LogP contribution in [0.3, 0.4) is 0 Å². The van der Waals surface area contributed by atoms with E-state index in [0.29, 0.717) is 10.7 Å². The fraction of sp³-hybridized carbons (Fsp3) is 0.355. The Morgan fingerprint density at radius 3 is 2.08 bits per heavy atom. The third kappa shape index (κ3) is 7.64. The van der Waals surface area contributed by atoms with Crippen molar-refractivity contribution in [3.63, 3.8) is 0 Å². The number of amides is 2. The topological polar surface area (TPSA) is 86.8 Å². The van der Waals surface area contributed by atoms with Crippen LogP contribution in [0.25, 0.3) is 0 Å². The highest BCUT2D eigenvalue weighted by Gasteiger charge is 2.33. The monoisotopic (exact) mass is 583 g/mol. The molecule has 3 aromatic carbocycles. The van der Waals surface area contributed by atoms with E-state index in [2.05, 4.69) is 5.32 Å². The number of halogens is 1. The number of carbonyl (C=O) groups excluding carboxylic acids is 2. The fourth-order valence-electron chi connectivity index (χ4n) is 4.27. The molecule has 40 heavy (non-hydrogen) atoms. The molecule has 0 bridgehead atoms. The molecule has 3 aromatic rings. The Bertz CT molecular complexity index is 1440. The molecular formula is C31H38ClN3O4S. The number of nitrogens with zero attached hydrogens (tertiary/aromatic N) is 2. The van der Waals surface area contributed by atoms with Crippen molar-refractivity contribution in [2.24, 2.45) is 0 Å². The normalized spacial score (nSPS) is 12.9. The number of benzene rings is 3. The summed E-state index contributed by atoms with van der Waals surface area (Å²) in [7, 11) is -4.11. The maximum absolute atomic E-state index is 14.0. The zero-order valence-corrected chi connectivity index (χ0v) is 25.5. The first kappa shape index (κ1) is 31.2. The molecule has 0 heterocycles. The Kier molecular flexibility index (Phi) is 10.4. The van der Waals surface area contributed by atoms with E-state index in [0.717, 1.165) is 33.0 Å². The number of rotatable bonds is 11. The van der Waals surface area contributed by atoms with Gasteiger partial charge < -0.3 is 10.2 Å². The van der Waals surface area contributed by atoms with Crippen LogP contribution < -0.4 is 9.62 Å². The first-order valence-electron chi connectivity index (χ1n) is 13.3. The fourth-order valence-corrected chi connectivity index (χ4v) is 5.88. The number of hydrogen-bond donors (Lipinski definition) is 1. The van der Waals surface area contributed by atoms with E-state index in [-0.39, 0.29) is 23.4 Å². The highest BCUT2D eigenvalue weighted by Crippen LogP contribution is 2.28. The van der Waals surface area contributed by atoms with Crippen LogP contribution in [0.4, 0.5) is 5.69 Å². The second-order valence-corrected chi connectivity index (χ2v) is 12.6. The van der Waals surface area contributed by atoms with Gasteiger partial charge in [-0.3, -0.25) is 13.9 Å². The predicted octanol–water partition coefficient (Wildman–Crippen LogP) is 5.79. The lowest BCUT2D eigenvalue weighted by atomic mass is 10.1. The van der Waals surface area contributed by atoms with Gasteiger partial charge in [-0.25, -0.2) is 8.42 Å². The summed E-state index contributed by atoms with van der Waals surface area (Å²) in [6, 6.07) is 18.0. The molecule has 0 radical (unpaired) electrons. The molecule has 0 saturated heterocycles. The lowest BCUT2D eigenvalue weighted by molar-refractivity contribution is -0.139. The molecule has 1 N–H and O–H groups in total. The molecule has 0 spiro atoms. The van der Waals surface area contributed by atoms with Gasteiger partial charge in [0.25, 0.3) is 10.0 Å². The van der Waals surface area contributed by atoms with Gasteiger partial charge in [0, 0.05) is 17.6 Å². The summed E-state index contributed by atoms with van der Waals surface area (Å²) in [6.07, 6.45) is 0.735. The second kappa shape index (κ2) is 13.3. The van der Waals surface area contributed by atoms with Crippen molar-refractivity contribution in [2.75, 3.05) is 10.8 Å². The average molecular weight is 584 g/mol. The Morgan fingerprint density at radius 1 is 0.900 bits per heavy atom. The van der Waals surface area contributed by atoms with Gasteiger partial charge in [0.2, 0.25) is 11.8 Å². The van der Waals surface area contributed by atoms with Crippen molar-refractivity contribution in [3.05, 3.63) is 94.0 Å². The summed E-state index contributed by atoms with van der Waals surface area (Å²) < 4.78 is 29.1. The maximum atomic E-state index is 14.0. The Labute approximate surface area is 243 Å². The van der Waals surface area contributed by atoms with Crippen molar-refractivity contribution >= 4 is 39.1 Å². The summed E-state index contributed by atoms with van der Waals surface area (Å²) in [6.45, 7) is 10.8. The second-order valence-electron chi connectivity index (χ2n) is 10.3. The van der Waals surface area contributed by atoms with Gasteiger partial charge in [0.05, 0.1) is 10.6 Å². The van der Waals surface area contributed by atoms with Crippen molar-refractivity contribution in [1.82, 2.24) is 10.2 Å². The largest absolute Gasteiger partial charge is 0.352 e. The van der Waals surface area contributed by atoms with E-state index in [9.17, 15) is 18.0 Å². The molecular weight excluding hydrogens is 546 g/mol. The van der Waals surface area contributed by atoms with Gasteiger partial charge in [-0.05, 0) is 82.5 Å². The maximum Gasteiger partial charge on any atom is 0.264 e. The van der Waals surface area contributed by atoms with Crippen LogP contribution in [0, 0.1) is 20.8 Å². The molecule has 0 aromatic heterocycles. The number of nitrogens with one attached hydrogen (secondary N) is 1. The lowest BCUT2D eigenvalue weighted by Gasteiger charge is -2.33. The van der Waals surface area contributed by atoms with Gasteiger partial charge >= 0.3 is 0 Å². The number of anilines is 1. The third-order valence-corrected chi connectivity index (χ3v) is 8.97. The Hall–Kier alpha value is -3.36. The first-order valence-corrected chi connectivity index (χ1v) is 15.2. The highest BCUT2D eigenvalue weighted by atomic mass is 35.5. The van der Waals surface area contributed by atoms with Crippen LogP contribution in [0.1, 0.15) is 49.4 Å². The van der Waals surface area contributed by atoms with Gasteiger partial charge in [-0.1, -0.05) is 66.0 Å². The molecule has 0 unspecified atom stereocenters. The van der Waals surface area contributed by atoms with E-state index < -0.39 is 28.5 Å². The van der Waals surface area contributed by atoms with Crippen LogP contribution in [0.2, 0.25) is 5.02 Å². The predicted molar refractivity (Wildman–Crippen MR) is 161 cm³/mol. The molecule has 3 rings (SSSR count). The minimum atomic E-state index is -4.11. The van der Waals surface area contributed by atoms with Crippen LogP contribution in [-0.4, -0.2) is 43.8 Å². The van der Waals surface area contributed by atoms with Crippen LogP contribution >= 0.6 is 11.6 Å². The van der Waals surface area contributed by atoms with Crippen LogP contribution in [0.15, 0.2) is 71.6 Å². The van der Waals surface area contributed by atoms with Crippen LogP contribution in [-0.2, 0) is 26.2 Å². The van der Waals surface area contributed by atoms with Gasteiger partial charge in [0.15, 0.2) is 0 Å².